The Morgan fingerprint density at radius 2 is 2.32 bits per heavy atom. The molecule has 0 fully saturated rings. The molecular formula is C12H14BrN5O. The lowest BCUT2D eigenvalue weighted by Crippen LogP contribution is -2.25. The van der Waals surface area contributed by atoms with E-state index in [0.717, 1.165) is 10.2 Å². The zero-order valence-corrected chi connectivity index (χ0v) is 12.2. The molecule has 0 unspecified atom stereocenters. The Bertz CT molecular complexity index is 596. The molecule has 2 aromatic rings. The van der Waals surface area contributed by atoms with Crippen molar-refractivity contribution < 1.29 is 4.79 Å². The van der Waals surface area contributed by atoms with E-state index in [4.69, 9.17) is 0 Å². The van der Waals surface area contributed by atoms with Gasteiger partial charge in [-0.15, -0.1) is 0 Å². The lowest BCUT2D eigenvalue weighted by atomic mass is 10.2. The molecule has 0 aliphatic rings. The Morgan fingerprint density at radius 1 is 1.53 bits per heavy atom. The van der Waals surface area contributed by atoms with Gasteiger partial charge in [-0.1, -0.05) is 0 Å². The number of pyridine rings is 1. The predicted octanol–water partition coefficient (Wildman–Crippen LogP) is 1.55. The number of carbonyl (C=O) groups is 1. The number of carbonyl (C=O) groups excluding carboxylic acids is 1. The number of nitrogens with one attached hydrogen (secondary N) is 2. The van der Waals surface area contributed by atoms with E-state index in [0.29, 0.717) is 17.9 Å². The Hall–Kier alpha value is -1.89. The number of nitrogens with zero attached hydrogens (tertiary/aromatic N) is 3. The predicted molar refractivity (Wildman–Crippen MR) is 75.9 cm³/mol. The topological polar surface area (TPSA) is 71.8 Å². The SMILES string of the molecule is CNc1ncc(Br)cc1C(=O)NCc1ccnn1C. The Balaban J connectivity index is 2.12. The van der Waals surface area contributed by atoms with E-state index in [2.05, 4.69) is 36.6 Å². The summed E-state index contributed by atoms with van der Waals surface area (Å²) in [5.41, 5.74) is 1.43. The maximum atomic E-state index is 12.1. The van der Waals surface area contributed by atoms with E-state index in [-0.39, 0.29) is 5.91 Å². The Kier molecular flexibility index (Phi) is 4.16. The van der Waals surface area contributed by atoms with Gasteiger partial charge in [0, 0.05) is 31.0 Å². The van der Waals surface area contributed by atoms with E-state index >= 15 is 0 Å². The molecule has 0 saturated heterocycles. The third kappa shape index (κ3) is 3.11. The molecule has 0 aliphatic carbocycles. The highest BCUT2D eigenvalue weighted by atomic mass is 79.9. The number of amides is 1. The highest BCUT2D eigenvalue weighted by Crippen LogP contribution is 2.17. The van der Waals surface area contributed by atoms with Gasteiger partial charge in [0.15, 0.2) is 0 Å². The second-order valence-electron chi connectivity index (χ2n) is 3.93. The first-order valence-electron chi connectivity index (χ1n) is 5.70. The van der Waals surface area contributed by atoms with Gasteiger partial charge in [-0.25, -0.2) is 4.98 Å². The van der Waals surface area contributed by atoms with Crippen LogP contribution in [0.1, 0.15) is 16.1 Å². The maximum absolute atomic E-state index is 12.1. The molecule has 2 aromatic heterocycles. The average Bonchev–Trinajstić information content (AvgIpc) is 2.81. The van der Waals surface area contributed by atoms with E-state index in [9.17, 15) is 4.79 Å². The van der Waals surface area contributed by atoms with Crippen LogP contribution in [0.5, 0.6) is 0 Å². The molecule has 6 nitrogen and oxygen atoms in total. The van der Waals surface area contributed by atoms with Gasteiger partial charge in [0.1, 0.15) is 5.82 Å². The summed E-state index contributed by atoms with van der Waals surface area (Å²) in [5, 5.41) is 9.79. The monoisotopic (exact) mass is 323 g/mol. The summed E-state index contributed by atoms with van der Waals surface area (Å²) < 4.78 is 2.48. The minimum absolute atomic E-state index is 0.181. The van der Waals surface area contributed by atoms with Crippen molar-refractivity contribution >= 4 is 27.7 Å². The summed E-state index contributed by atoms with van der Waals surface area (Å²) in [6.45, 7) is 0.422. The van der Waals surface area contributed by atoms with Gasteiger partial charge in [0.2, 0.25) is 0 Å². The standard InChI is InChI=1S/C12H14BrN5O/c1-14-11-10(5-8(13)6-15-11)12(19)16-7-9-3-4-17-18(9)2/h3-6H,7H2,1-2H3,(H,14,15)(H,16,19). The molecule has 7 heteroatoms. The molecule has 0 atom stereocenters. The van der Waals surface area contributed by atoms with Gasteiger partial charge >= 0.3 is 0 Å². The summed E-state index contributed by atoms with van der Waals surface area (Å²) in [6.07, 6.45) is 3.34. The summed E-state index contributed by atoms with van der Waals surface area (Å²) in [7, 11) is 3.56. The van der Waals surface area contributed by atoms with Gasteiger partial charge in [-0.05, 0) is 28.1 Å². The molecule has 0 aromatic carbocycles. The summed E-state index contributed by atoms with van der Waals surface area (Å²) in [6, 6.07) is 3.59. The van der Waals surface area contributed by atoms with Gasteiger partial charge in [-0.3, -0.25) is 9.48 Å². The van der Waals surface area contributed by atoms with Crippen LogP contribution in [0.4, 0.5) is 5.82 Å². The lowest BCUT2D eigenvalue weighted by molar-refractivity contribution is 0.0950. The molecule has 2 heterocycles. The van der Waals surface area contributed by atoms with Gasteiger partial charge in [0.05, 0.1) is 17.8 Å². The molecular weight excluding hydrogens is 310 g/mol. The van der Waals surface area contributed by atoms with Crippen LogP contribution in [0, 0.1) is 0 Å². The number of hydrogen-bond acceptors (Lipinski definition) is 4. The number of rotatable bonds is 4. The second kappa shape index (κ2) is 5.83. The van der Waals surface area contributed by atoms with Crippen LogP contribution in [0.15, 0.2) is 29.0 Å². The van der Waals surface area contributed by atoms with Crippen molar-refractivity contribution in [3.8, 4) is 0 Å². The van der Waals surface area contributed by atoms with Crippen LogP contribution < -0.4 is 10.6 Å². The minimum Gasteiger partial charge on any atom is -0.372 e. The van der Waals surface area contributed by atoms with E-state index in [1.165, 1.54) is 0 Å². The Labute approximate surface area is 119 Å². The van der Waals surface area contributed by atoms with Crippen LogP contribution in [0.3, 0.4) is 0 Å². The highest BCUT2D eigenvalue weighted by molar-refractivity contribution is 9.10. The molecule has 100 valence electrons. The van der Waals surface area contributed by atoms with Crippen LogP contribution in [-0.4, -0.2) is 27.7 Å². The van der Waals surface area contributed by atoms with Gasteiger partial charge in [-0.2, -0.15) is 5.10 Å². The summed E-state index contributed by atoms with van der Waals surface area (Å²) in [5.74, 6) is 0.366. The van der Waals surface area contributed by atoms with Crippen LogP contribution in [0.2, 0.25) is 0 Å². The van der Waals surface area contributed by atoms with E-state index < -0.39 is 0 Å². The quantitative estimate of drug-likeness (QED) is 0.895. The molecule has 0 bridgehead atoms. The number of halogens is 1. The molecule has 1 amide bonds. The van der Waals surface area contributed by atoms with Crippen molar-refractivity contribution in [1.82, 2.24) is 20.1 Å². The third-order valence-corrected chi connectivity index (χ3v) is 3.12. The fraction of sp³-hybridized carbons (Fsp3) is 0.250. The number of anilines is 1. The normalized spacial score (nSPS) is 10.3. The summed E-state index contributed by atoms with van der Waals surface area (Å²) >= 11 is 3.31. The molecule has 0 spiro atoms. The van der Waals surface area contributed by atoms with Crippen molar-refractivity contribution in [3.05, 3.63) is 40.3 Å². The first-order chi connectivity index (χ1) is 9.11. The van der Waals surface area contributed by atoms with Crippen molar-refractivity contribution in [2.75, 3.05) is 12.4 Å². The maximum Gasteiger partial charge on any atom is 0.255 e. The fourth-order valence-corrected chi connectivity index (χ4v) is 1.98. The molecule has 0 aliphatic heterocycles. The van der Waals surface area contributed by atoms with Crippen LogP contribution >= 0.6 is 15.9 Å². The van der Waals surface area contributed by atoms with Gasteiger partial charge in [0.25, 0.3) is 5.91 Å². The van der Waals surface area contributed by atoms with Crippen molar-refractivity contribution in [3.63, 3.8) is 0 Å². The molecule has 19 heavy (non-hydrogen) atoms. The van der Waals surface area contributed by atoms with E-state index in [1.807, 2.05) is 13.1 Å². The van der Waals surface area contributed by atoms with Crippen LogP contribution in [-0.2, 0) is 13.6 Å². The molecule has 0 radical (unpaired) electrons. The first kappa shape index (κ1) is 13.5. The lowest BCUT2D eigenvalue weighted by Gasteiger charge is -2.09. The van der Waals surface area contributed by atoms with Crippen molar-refractivity contribution in [1.29, 1.82) is 0 Å². The second-order valence-corrected chi connectivity index (χ2v) is 4.84. The molecule has 2 N–H and O–H groups in total. The minimum atomic E-state index is -0.181. The highest BCUT2D eigenvalue weighted by Gasteiger charge is 2.12. The van der Waals surface area contributed by atoms with E-state index in [1.54, 1.807) is 30.2 Å². The smallest absolute Gasteiger partial charge is 0.255 e. The third-order valence-electron chi connectivity index (χ3n) is 2.69. The van der Waals surface area contributed by atoms with Gasteiger partial charge < -0.3 is 10.6 Å². The number of aryl methyl sites for hydroxylation is 1. The molecule has 0 saturated carbocycles. The molecule has 2 rings (SSSR count). The Morgan fingerprint density at radius 3 is 2.95 bits per heavy atom. The zero-order chi connectivity index (χ0) is 13.8. The number of aromatic nitrogens is 3. The average molecular weight is 324 g/mol. The summed E-state index contributed by atoms with van der Waals surface area (Å²) in [4.78, 5) is 16.3. The first-order valence-corrected chi connectivity index (χ1v) is 6.49. The zero-order valence-electron chi connectivity index (χ0n) is 10.6. The number of hydrogen-bond donors (Lipinski definition) is 2. The van der Waals surface area contributed by atoms with Crippen molar-refractivity contribution in [2.45, 2.75) is 6.54 Å². The van der Waals surface area contributed by atoms with Crippen molar-refractivity contribution in [2.24, 2.45) is 7.05 Å². The largest absolute Gasteiger partial charge is 0.372 e. The fourth-order valence-electron chi connectivity index (χ4n) is 1.65. The van der Waals surface area contributed by atoms with Crippen LogP contribution in [0.25, 0.3) is 0 Å².